The fraction of sp³-hybridized carbons (Fsp3) is 0.533. The van der Waals surface area contributed by atoms with Crippen LogP contribution >= 0.6 is 0 Å². The van der Waals surface area contributed by atoms with E-state index in [9.17, 15) is 23.3 Å². The zero-order chi connectivity index (χ0) is 17.6. The Bertz CT molecular complexity index is 791. The lowest BCUT2D eigenvalue weighted by Gasteiger charge is -2.11. The Kier molecular flexibility index (Phi) is 4.08. The normalized spacial score (nSPS) is 29.5. The van der Waals surface area contributed by atoms with Gasteiger partial charge in [0.1, 0.15) is 6.10 Å². The molecule has 2 fully saturated rings. The molecule has 0 spiro atoms. The van der Waals surface area contributed by atoms with Crippen LogP contribution in [0.25, 0.3) is 0 Å². The van der Waals surface area contributed by atoms with Gasteiger partial charge in [-0.15, -0.1) is 0 Å². The number of ether oxygens (including phenoxy) is 1. The van der Waals surface area contributed by atoms with Crippen LogP contribution in [0.4, 0.5) is 5.69 Å². The van der Waals surface area contributed by atoms with Crippen molar-refractivity contribution in [3.63, 3.8) is 0 Å². The molecule has 4 unspecified atom stereocenters. The topological polar surface area (TPSA) is 107 Å². The van der Waals surface area contributed by atoms with Crippen LogP contribution in [0, 0.1) is 22.0 Å². The number of para-hydroxylation sites is 1. The second-order valence-corrected chi connectivity index (χ2v) is 8.29. The molecule has 1 aromatic carbocycles. The average molecular weight is 354 g/mol. The number of benzene rings is 1. The molecule has 3 rings (SSSR count). The Morgan fingerprint density at radius 2 is 2.00 bits per heavy atom. The first-order valence-corrected chi connectivity index (χ1v) is 9.13. The molecular formula is C15H18N2O6S. The third kappa shape index (κ3) is 2.78. The number of cyclic esters (lactones) is 1. The fourth-order valence-corrected chi connectivity index (χ4v) is 4.83. The molecule has 8 nitrogen and oxygen atoms in total. The Morgan fingerprint density at radius 3 is 2.58 bits per heavy atom. The summed E-state index contributed by atoms with van der Waals surface area (Å²) in [5.41, 5.74) is -0.452. The Labute approximate surface area is 139 Å². The molecule has 4 atom stereocenters. The van der Waals surface area contributed by atoms with Crippen molar-refractivity contribution in [1.29, 1.82) is 0 Å². The molecule has 1 aromatic rings. The summed E-state index contributed by atoms with van der Waals surface area (Å²) >= 11 is 0. The predicted molar refractivity (Wildman–Crippen MR) is 83.6 cm³/mol. The van der Waals surface area contributed by atoms with Crippen LogP contribution in [-0.4, -0.2) is 42.3 Å². The molecule has 0 aliphatic carbocycles. The molecule has 0 aromatic heterocycles. The maximum atomic E-state index is 12.7. The number of carbonyl (C=O) groups excluding carboxylic acids is 1. The standard InChI is InChI=1S/C15H18N2O6S/c1-9(2)10-7-13(23-15(10)18)12-8-16(12)24(21,22)14-6-4-3-5-11(14)17(19)20/h3-6,9-10,12-13H,7-8H2,1-2H3. The van der Waals surface area contributed by atoms with Gasteiger partial charge in [0.05, 0.1) is 16.9 Å². The van der Waals surface area contributed by atoms with Gasteiger partial charge in [0.15, 0.2) is 4.90 Å². The van der Waals surface area contributed by atoms with Gasteiger partial charge in [0, 0.05) is 12.6 Å². The van der Waals surface area contributed by atoms with Gasteiger partial charge >= 0.3 is 5.97 Å². The zero-order valence-corrected chi connectivity index (χ0v) is 14.1. The summed E-state index contributed by atoms with van der Waals surface area (Å²) in [5, 5.41) is 11.1. The second kappa shape index (κ2) is 5.82. The van der Waals surface area contributed by atoms with Crippen molar-refractivity contribution < 1.29 is 22.9 Å². The Balaban J connectivity index is 1.80. The number of rotatable bonds is 5. The van der Waals surface area contributed by atoms with E-state index in [4.69, 9.17) is 4.74 Å². The van der Waals surface area contributed by atoms with Crippen LogP contribution in [0.3, 0.4) is 0 Å². The van der Waals surface area contributed by atoms with E-state index in [1.54, 1.807) is 0 Å². The molecule has 0 N–H and O–H groups in total. The minimum atomic E-state index is -3.98. The van der Waals surface area contributed by atoms with Crippen molar-refractivity contribution in [2.75, 3.05) is 6.54 Å². The highest BCUT2D eigenvalue weighted by Crippen LogP contribution is 2.40. The number of nitro benzene ring substituents is 1. The first kappa shape index (κ1) is 16.8. The molecule has 2 saturated heterocycles. The van der Waals surface area contributed by atoms with Crippen molar-refractivity contribution in [3.8, 4) is 0 Å². The molecule has 2 aliphatic heterocycles. The molecule has 0 amide bonds. The maximum absolute atomic E-state index is 12.7. The summed E-state index contributed by atoms with van der Waals surface area (Å²) in [6.07, 6.45) is -0.00759. The van der Waals surface area contributed by atoms with E-state index in [2.05, 4.69) is 0 Å². The number of esters is 1. The van der Waals surface area contributed by atoms with Crippen molar-refractivity contribution in [2.24, 2.45) is 11.8 Å². The van der Waals surface area contributed by atoms with Crippen LogP contribution < -0.4 is 0 Å². The summed E-state index contributed by atoms with van der Waals surface area (Å²) < 4.78 is 31.8. The van der Waals surface area contributed by atoms with Gasteiger partial charge in [-0.25, -0.2) is 8.42 Å². The number of sulfonamides is 1. The molecule has 0 radical (unpaired) electrons. The lowest BCUT2D eigenvalue weighted by Crippen LogP contribution is -2.23. The minimum Gasteiger partial charge on any atom is -0.460 e. The number of hydrogen-bond acceptors (Lipinski definition) is 6. The van der Waals surface area contributed by atoms with Gasteiger partial charge in [-0.1, -0.05) is 26.0 Å². The van der Waals surface area contributed by atoms with E-state index in [1.807, 2.05) is 13.8 Å². The lowest BCUT2D eigenvalue weighted by molar-refractivity contribution is -0.387. The summed E-state index contributed by atoms with van der Waals surface area (Å²) in [6, 6.07) is 4.81. The van der Waals surface area contributed by atoms with Crippen LogP contribution in [0.5, 0.6) is 0 Å². The number of hydrogen-bond donors (Lipinski definition) is 0. The molecular weight excluding hydrogens is 336 g/mol. The number of carbonyl (C=O) groups is 1. The highest BCUT2D eigenvalue weighted by molar-refractivity contribution is 7.89. The van der Waals surface area contributed by atoms with Gasteiger partial charge < -0.3 is 4.74 Å². The Morgan fingerprint density at radius 1 is 1.33 bits per heavy atom. The van der Waals surface area contributed by atoms with E-state index in [0.717, 1.165) is 10.4 Å². The highest BCUT2D eigenvalue weighted by Gasteiger charge is 2.55. The van der Waals surface area contributed by atoms with Gasteiger partial charge in [-0.3, -0.25) is 14.9 Å². The monoisotopic (exact) mass is 354 g/mol. The molecule has 24 heavy (non-hydrogen) atoms. The van der Waals surface area contributed by atoms with Gasteiger partial charge in [-0.05, 0) is 18.4 Å². The van der Waals surface area contributed by atoms with E-state index in [0.29, 0.717) is 6.42 Å². The molecule has 0 saturated carbocycles. The first-order valence-electron chi connectivity index (χ1n) is 7.69. The van der Waals surface area contributed by atoms with E-state index in [1.165, 1.54) is 18.2 Å². The minimum absolute atomic E-state index is 0.126. The van der Waals surface area contributed by atoms with Crippen molar-refractivity contribution >= 4 is 21.7 Å². The molecule has 2 heterocycles. The highest BCUT2D eigenvalue weighted by atomic mass is 32.2. The summed E-state index contributed by atoms with van der Waals surface area (Å²) in [6.45, 7) is 4.04. The number of nitrogens with zero attached hydrogens (tertiary/aromatic N) is 2. The third-order valence-electron chi connectivity index (χ3n) is 4.54. The molecule has 9 heteroatoms. The van der Waals surface area contributed by atoms with Crippen LogP contribution in [0.15, 0.2) is 29.2 Å². The molecule has 130 valence electrons. The van der Waals surface area contributed by atoms with Gasteiger partial charge in [0.2, 0.25) is 10.0 Å². The zero-order valence-electron chi connectivity index (χ0n) is 13.3. The van der Waals surface area contributed by atoms with Crippen molar-refractivity contribution in [1.82, 2.24) is 4.31 Å². The first-order chi connectivity index (χ1) is 11.2. The van der Waals surface area contributed by atoms with Gasteiger partial charge in [0.25, 0.3) is 5.69 Å². The average Bonchev–Trinajstić information content (AvgIpc) is 3.24. The van der Waals surface area contributed by atoms with Crippen LogP contribution in [0.2, 0.25) is 0 Å². The van der Waals surface area contributed by atoms with E-state index >= 15 is 0 Å². The maximum Gasteiger partial charge on any atom is 0.309 e. The third-order valence-corrected chi connectivity index (χ3v) is 6.48. The summed E-state index contributed by atoms with van der Waals surface area (Å²) in [5.74, 6) is -0.405. The lowest BCUT2D eigenvalue weighted by atomic mass is 9.92. The summed E-state index contributed by atoms with van der Waals surface area (Å²) in [4.78, 5) is 21.9. The summed E-state index contributed by atoms with van der Waals surface area (Å²) in [7, 11) is -3.98. The SMILES string of the molecule is CC(C)C1CC(C2CN2S(=O)(=O)c2ccccc2[N+](=O)[O-])OC1=O. The van der Waals surface area contributed by atoms with E-state index in [-0.39, 0.29) is 29.2 Å². The Hall–Kier alpha value is -2.00. The molecule has 2 aliphatic rings. The van der Waals surface area contributed by atoms with Crippen molar-refractivity contribution in [2.45, 2.75) is 37.3 Å². The van der Waals surface area contributed by atoms with Crippen LogP contribution in [0.1, 0.15) is 20.3 Å². The largest absolute Gasteiger partial charge is 0.460 e. The van der Waals surface area contributed by atoms with Crippen LogP contribution in [-0.2, 0) is 19.6 Å². The van der Waals surface area contributed by atoms with Gasteiger partial charge in [-0.2, -0.15) is 4.31 Å². The van der Waals surface area contributed by atoms with E-state index < -0.39 is 32.8 Å². The quantitative estimate of drug-likeness (QED) is 0.344. The smallest absolute Gasteiger partial charge is 0.309 e. The predicted octanol–water partition coefficient (Wildman–Crippen LogP) is 1.56. The second-order valence-electron chi connectivity index (χ2n) is 6.43. The van der Waals surface area contributed by atoms with Crippen molar-refractivity contribution in [3.05, 3.63) is 34.4 Å². The number of nitro groups is 1. The molecule has 0 bridgehead atoms. The fourth-order valence-electron chi connectivity index (χ4n) is 3.08.